The fraction of sp³-hybridized carbons (Fsp3) is 0.233. The van der Waals surface area contributed by atoms with Crippen molar-refractivity contribution in [1.29, 1.82) is 0 Å². The molecule has 188 valence electrons. The van der Waals surface area contributed by atoms with Gasteiger partial charge in [0.15, 0.2) is 11.5 Å². The molecule has 0 saturated heterocycles. The van der Waals surface area contributed by atoms with Gasteiger partial charge in [0.1, 0.15) is 5.75 Å². The first-order valence-electron chi connectivity index (χ1n) is 11.6. The summed E-state index contributed by atoms with van der Waals surface area (Å²) in [7, 11) is 0. The Bertz CT molecular complexity index is 1240. The van der Waals surface area contributed by atoms with Crippen LogP contribution in [0.3, 0.4) is 0 Å². The van der Waals surface area contributed by atoms with Crippen LogP contribution >= 0.6 is 0 Å². The van der Waals surface area contributed by atoms with Gasteiger partial charge in [-0.05, 0) is 74.6 Å². The minimum Gasteiger partial charge on any atom is -0.423 e. The number of hydrogen-bond acceptors (Lipinski definition) is 6. The van der Waals surface area contributed by atoms with E-state index in [0.717, 1.165) is 35.1 Å². The first kappa shape index (κ1) is 28.1. The van der Waals surface area contributed by atoms with Crippen LogP contribution < -0.4 is 14.2 Å². The van der Waals surface area contributed by atoms with Gasteiger partial charge in [0, 0.05) is 16.7 Å². The van der Waals surface area contributed by atoms with Crippen LogP contribution in [0.4, 0.5) is 0 Å². The molecule has 0 aliphatic heterocycles. The number of ether oxygens (including phenoxy) is 3. The van der Waals surface area contributed by atoms with E-state index in [2.05, 4.69) is 33.6 Å². The molecule has 2 rings (SSSR count). The molecular formula is C30H32O6. The fourth-order valence-electron chi connectivity index (χ4n) is 3.26. The van der Waals surface area contributed by atoms with E-state index in [1.54, 1.807) is 37.3 Å². The Morgan fingerprint density at radius 1 is 0.639 bits per heavy atom. The van der Waals surface area contributed by atoms with Gasteiger partial charge in [0.25, 0.3) is 0 Å². The molecule has 0 radical (unpaired) electrons. The number of allylic oxidation sites excluding steroid dienone is 1. The molecule has 36 heavy (non-hydrogen) atoms. The molecule has 2 aromatic carbocycles. The van der Waals surface area contributed by atoms with Gasteiger partial charge in [-0.15, -0.1) is 0 Å². The van der Waals surface area contributed by atoms with Crippen LogP contribution in [0.25, 0.3) is 5.57 Å². The number of benzene rings is 2. The van der Waals surface area contributed by atoms with E-state index in [-0.39, 0.29) is 22.6 Å². The Hall–Kier alpha value is -4.19. The largest absolute Gasteiger partial charge is 0.423 e. The minimum atomic E-state index is -0.639. The molecule has 0 aliphatic rings. The van der Waals surface area contributed by atoms with Crippen molar-refractivity contribution in [3.8, 4) is 17.2 Å². The molecule has 0 atom stereocenters. The van der Waals surface area contributed by atoms with E-state index < -0.39 is 17.9 Å². The fourth-order valence-corrected chi connectivity index (χ4v) is 3.26. The molecule has 0 unspecified atom stereocenters. The van der Waals surface area contributed by atoms with Crippen LogP contribution in [0.2, 0.25) is 0 Å². The summed E-state index contributed by atoms with van der Waals surface area (Å²) in [5.41, 5.74) is 4.46. The number of rotatable bonds is 10. The molecule has 0 fully saturated rings. The predicted octanol–water partition coefficient (Wildman–Crippen LogP) is 6.75. The zero-order valence-corrected chi connectivity index (χ0v) is 21.5. The summed E-state index contributed by atoms with van der Waals surface area (Å²) in [4.78, 5) is 36.3. The molecule has 0 spiro atoms. The molecule has 0 aliphatic carbocycles. The number of carbonyl (C=O) groups is 3. The molecule has 6 nitrogen and oxygen atoms in total. The van der Waals surface area contributed by atoms with Crippen molar-refractivity contribution >= 4 is 23.5 Å². The molecule has 0 heterocycles. The van der Waals surface area contributed by atoms with Crippen LogP contribution in [0, 0.1) is 0 Å². The highest BCUT2D eigenvalue weighted by Gasteiger charge is 2.19. The highest BCUT2D eigenvalue weighted by atomic mass is 16.6. The summed E-state index contributed by atoms with van der Waals surface area (Å²) in [6.07, 6.45) is 1.57. The Morgan fingerprint density at radius 2 is 1.08 bits per heavy atom. The molecule has 0 bridgehead atoms. The first-order valence-corrected chi connectivity index (χ1v) is 11.6. The lowest BCUT2D eigenvalue weighted by molar-refractivity contribution is -0.132. The summed E-state index contributed by atoms with van der Waals surface area (Å²) in [6, 6.07) is 12.2. The minimum absolute atomic E-state index is 0.0890. The zero-order chi connectivity index (χ0) is 27.0. The van der Waals surface area contributed by atoms with E-state index in [1.807, 2.05) is 12.1 Å². The van der Waals surface area contributed by atoms with Gasteiger partial charge in [-0.3, -0.25) is 0 Å². The van der Waals surface area contributed by atoms with E-state index in [0.29, 0.717) is 11.3 Å². The standard InChI is InChI=1S/C30H32O6/c1-9-21(10-2)27(22-11-14-24(15-12-22)34-28(31)18(3)4)23-13-16-25(35-29(32)19(5)6)26(17-23)36-30(33)20(7)8/h11-17H,3,5,7,9-10H2,1-2,4,6,8H3. The summed E-state index contributed by atoms with van der Waals surface area (Å²) in [6.45, 7) is 19.6. The highest BCUT2D eigenvalue weighted by molar-refractivity contribution is 5.92. The van der Waals surface area contributed by atoms with Crippen molar-refractivity contribution in [2.75, 3.05) is 0 Å². The quantitative estimate of drug-likeness (QED) is 0.209. The van der Waals surface area contributed by atoms with Crippen LogP contribution in [0.15, 0.2) is 84.5 Å². The average Bonchev–Trinajstić information content (AvgIpc) is 2.83. The molecule has 6 heteroatoms. The summed E-state index contributed by atoms with van der Waals surface area (Å²) in [5.74, 6) is -1.18. The van der Waals surface area contributed by atoms with Crippen LogP contribution in [0.1, 0.15) is 58.6 Å². The Kier molecular flexibility index (Phi) is 9.74. The summed E-state index contributed by atoms with van der Waals surface area (Å²) < 4.78 is 16.2. The maximum absolute atomic E-state index is 12.3. The molecular weight excluding hydrogens is 456 g/mol. The summed E-state index contributed by atoms with van der Waals surface area (Å²) >= 11 is 0. The van der Waals surface area contributed by atoms with E-state index in [9.17, 15) is 14.4 Å². The van der Waals surface area contributed by atoms with Gasteiger partial charge in [-0.1, -0.05) is 57.4 Å². The lowest BCUT2D eigenvalue weighted by Crippen LogP contribution is -2.13. The van der Waals surface area contributed by atoms with Gasteiger partial charge in [-0.25, -0.2) is 14.4 Å². The maximum Gasteiger partial charge on any atom is 0.338 e. The second-order valence-corrected chi connectivity index (χ2v) is 8.38. The number of esters is 3. The van der Waals surface area contributed by atoms with Crippen LogP contribution in [-0.2, 0) is 14.4 Å². The van der Waals surface area contributed by atoms with Crippen molar-refractivity contribution in [2.45, 2.75) is 47.5 Å². The second-order valence-electron chi connectivity index (χ2n) is 8.38. The third-order valence-corrected chi connectivity index (χ3v) is 5.24. The SMILES string of the molecule is C=C(C)C(=O)Oc1ccc(C(=C(CC)CC)c2ccc(OC(=O)C(=C)C)c(OC(=O)C(=C)C)c2)cc1. The van der Waals surface area contributed by atoms with Gasteiger partial charge in [0.05, 0.1) is 0 Å². The molecule has 0 aromatic heterocycles. The van der Waals surface area contributed by atoms with Gasteiger partial charge in [0.2, 0.25) is 0 Å². The van der Waals surface area contributed by atoms with E-state index in [4.69, 9.17) is 14.2 Å². The van der Waals surface area contributed by atoms with Gasteiger partial charge >= 0.3 is 17.9 Å². The Morgan fingerprint density at radius 3 is 1.56 bits per heavy atom. The predicted molar refractivity (Wildman–Crippen MR) is 141 cm³/mol. The monoisotopic (exact) mass is 488 g/mol. The Balaban J connectivity index is 2.61. The van der Waals surface area contributed by atoms with E-state index in [1.165, 1.54) is 13.8 Å². The average molecular weight is 489 g/mol. The van der Waals surface area contributed by atoms with Crippen LogP contribution in [0.5, 0.6) is 17.2 Å². The van der Waals surface area contributed by atoms with Crippen molar-refractivity contribution in [2.24, 2.45) is 0 Å². The zero-order valence-electron chi connectivity index (χ0n) is 21.5. The highest BCUT2D eigenvalue weighted by Crippen LogP contribution is 2.37. The van der Waals surface area contributed by atoms with E-state index >= 15 is 0 Å². The number of carbonyl (C=O) groups excluding carboxylic acids is 3. The lowest BCUT2D eigenvalue weighted by atomic mass is 9.90. The summed E-state index contributed by atoms with van der Waals surface area (Å²) in [5, 5.41) is 0. The first-order chi connectivity index (χ1) is 17.0. The molecule has 2 aromatic rings. The normalized spacial score (nSPS) is 10.1. The third kappa shape index (κ3) is 7.15. The van der Waals surface area contributed by atoms with Gasteiger partial charge < -0.3 is 14.2 Å². The topological polar surface area (TPSA) is 78.9 Å². The number of hydrogen-bond donors (Lipinski definition) is 0. The molecule has 0 saturated carbocycles. The van der Waals surface area contributed by atoms with Crippen molar-refractivity contribution in [3.63, 3.8) is 0 Å². The third-order valence-electron chi connectivity index (χ3n) is 5.24. The second kappa shape index (κ2) is 12.5. The van der Waals surface area contributed by atoms with Gasteiger partial charge in [-0.2, -0.15) is 0 Å². The van der Waals surface area contributed by atoms with Crippen molar-refractivity contribution in [1.82, 2.24) is 0 Å². The smallest absolute Gasteiger partial charge is 0.338 e. The van der Waals surface area contributed by atoms with Crippen LogP contribution in [-0.4, -0.2) is 17.9 Å². The van der Waals surface area contributed by atoms with Crippen molar-refractivity contribution in [3.05, 3.63) is 95.6 Å². The molecule has 0 amide bonds. The maximum atomic E-state index is 12.3. The molecule has 0 N–H and O–H groups in total. The lowest BCUT2D eigenvalue weighted by Gasteiger charge is -2.17. The van der Waals surface area contributed by atoms with Crippen molar-refractivity contribution < 1.29 is 28.6 Å². The Labute approximate surface area is 212 Å².